The van der Waals surface area contributed by atoms with E-state index < -0.39 is 0 Å². The topological polar surface area (TPSA) is 32.3 Å². The quantitative estimate of drug-likeness (QED) is 0.600. The third-order valence-corrected chi connectivity index (χ3v) is 7.27. The summed E-state index contributed by atoms with van der Waals surface area (Å²) in [5.41, 5.74) is 0.326. The van der Waals surface area contributed by atoms with E-state index in [0.717, 1.165) is 19.5 Å². The summed E-state index contributed by atoms with van der Waals surface area (Å²) in [6.07, 6.45) is 21.6. The fourth-order valence-corrected chi connectivity index (χ4v) is 5.83. The summed E-state index contributed by atoms with van der Waals surface area (Å²) >= 11 is 0. The number of hydrogen-bond donors (Lipinski definition) is 1. The number of rotatable bonds is 7. The van der Waals surface area contributed by atoms with Gasteiger partial charge >= 0.3 is 0 Å². The minimum absolute atomic E-state index is 0.114. The van der Waals surface area contributed by atoms with E-state index >= 15 is 0 Å². The molecule has 3 heteroatoms. The van der Waals surface area contributed by atoms with Crippen LogP contribution in [0.3, 0.4) is 0 Å². The maximum Gasteiger partial charge on any atom is 0.224 e. The zero-order chi connectivity index (χ0) is 18.3. The van der Waals surface area contributed by atoms with Crippen LogP contribution in [-0.2, 0) is 4.79 Å². The van der Waals surface area contributed by atoms with Crippen molar-refractivity contribution in [1.82, 2.24) is 10.2 Å². The first-order valence-corrected chi connectivity index (χ1v) is 11.7. The van der Waals surface area contributed by atoms with Gasteiger partial charge in [0.2, 0.25) is 5.91 Å². The SMILES string of the molecule is CCCCCCCCN1CC2(CCCCC2)NC2(CCCCC2)CC1=O. The molecule has 0 atom stereocenters. The molecule has 0 unspecified atom stereocenters. The number of amides is 1. The molecule has 2 aliphatic carbocycles. The van der Waals surface area contributed by atoms with Gasteiger partial charge in [0.15, 0.2) is 0 Å². The summed E-state index contributed by atoms with van der Waals surface area (Å²) in [6.45, 7) is 4.24. The first kappa shape index (κ1) is 20.2. The molecule has 3 rings (SSSR count). The number of nitrogens with zero attached hydrogens (tertiary/aromatic N) is 1. The molecule has 2 spiro atoms. The lowest BCUT2D eigenvalue weighted by Gasteiger charge is -2.47. The largest absolute Gasteiger partial charge is 0.341 e. The normalized spacial score (nSPS) is 25.6. The van der Waals surface area contributed by atoms with Crippen LogP contribution in [-0.4, -0.2) is 35.0 Å². The highest BCUT2D eigenvalue weighted by Gasteiger charge is 2.47. The Morgan fingerprint density at radius 1 is 0.808 bits per heavy atom. The Morgan fingerprint density at radius 3 is 2.04 bits per heavy atom. The molecule has 0 aromatic rings. The van der Waals surface area contributed by atoms with Gasteiger partial charge in [-0.25, -0.2) is 0 Å². The number of carbonyl (C=O) groups is 1. The van der Waals surface area contributed by atoms with Gasteiger partial charge in [0.1, 0.15) is 0 Å². The maximum atomic E-state index is 13.2. The smallest absolute Gasteiger partial charge is 0.224 e. The van der Waals surface area contributed by atoms with Crippen LogP contribution in [0.2, 0.25) is 0 Å². The van der Waals surface area contributed by atoms with Crippen LogP contribution in [0.1, 0.15) is 116 Å². The Kier molecular flexibility index (Phi) is 7.43. The van der Waals surface area contributed by atoms with Crippen LogP contribution >= 0.6 is 0 Å². The number of hydrogen-bond acceptors (Lipinski definition) is 2. The summed E-state index contributed by atoms with van der Waals surface area (Å²) in [5, 5.41) is 4.16. The number of nitrogens with one attached hydrogen (secondary N) is 1. The highest BCUT2D eigenvalue weighted by molar-refractivity contribution is 5.78. The predicted octanol–water partition coefficient (Wildman–Crippen LogP) is 5.57. The fraction of sp³-hybridized carbons (Fsp3) is 0.957. The van der Waals surface area contributed by atoms with Crippen molar-refractivity contribution in [3.63, 3.8) is 0 Å². The molecule has 0 aromatic heterocycles. The third kappa shape index (κ3) is 5.24. The average Bonchev–Trinajstić information content (AvgIpc) is 2.74. The van der Waals surface area contributed by atoms with Crippen LogP contribution in [0, 0.1) is 0 Å². The van der Waals surface area contributed by atoms with Crippen molar-refractivity contribution in [1.29, 1.82) is 0 Å². The first-order chi connectivity index (χ1) is 12.7. The molecule has 3 aliphatic rings. The molecule has 1 N–H and O–H groups in total. The lowest BCUT2D eigenvalue weighted by molar-refractivity contribution is -0.132. The van der Waals surface area contributed by atoms with E-state index in [9.17, 15) is 4.79 Å². The van der Waals surface area contributed by atoms with Gasteiger partial charge in [0.05, 0.1) is 0 Å². The zero-order valence-electron chi connectivity index (χ0n) is 17.3. The highest BCUT2D eigenvalue weighted by Crippen LogP contribution is 2.40. The van der Waals surface area contributed by atoms with Gasteiger partial charge in [0, 0.05) is 30.6 Å². The second-order valence-corrected chi connectivity index (χ2v) is 9.57. The molecular formula is C23H42N2O. The molecule has 2 saturated carbocycles. The van der Waals surface area contributed by atoms with Gasteiger partial charge in [-0.15, -0.1) is 0 Å². The van der Waals surface area contributed by atoms with Crippen molar-refractivity contribution in [3.8, 4) is 0 Å². The summed E-state index contributed by atoms with van der Waals surface area (Å²) in [6, 6.07) is 0. The van der Waals surface area contributed by atoms with Crippen molar-refractivity contribution in [2.24, 2.45) is 0 Å². The molecule has 1 heterocycles. The standard InChI is InChI=1S/C23H42N2O/c1-2-3-4-5-6-13-18-25-20-23(16-11-8-12-17-23)24-22(19-21(25)26)14-9-7-10-15-22/h24H,2-20H2,1H3. The summed E-state index contributed by atoms with van der Waals surface area (Å²) in [4.78, 5) is 15.4. The van der Waals surface area contributed by atoms with Gasteiger partial charge in [-0.05, 0) is 32.1 Å². The van der Waals surface area contributed by atoms with Crippen molar-refractivity contribution in [2.45, 2.75) is 127 Å². The molecule has 0 aromatic carbocycles. The molecule has 26 heavy (non-hydrogen) atoms. The van der Waals surface area contributed by atoms with Crippen LogP contribution in [0.15, 0.2) is 0 Å². The van der Waals surface area contributed by atoms with Crippen molar-refractivity contribution in [3.05, 3.63) is 0 Å². The Balaban J connectivity index is 1.63. The van der Waals surface area contributed by atoms with Gasteiger partial charge in [-0.3, -0.25) is 4.79 Å². The zero-order valence-corrected chi connectivity index (χ0v) is 17.3. The Labute approximate surface area is 161 Å². The van der Waals surface area contributed by atoms with Gasteiger partial charge in [-0.1, -0.05) is 77.6 Å². The van der Waals surface area contributed by atoms with Gasteiger partial charge in [0.25, 0.3) is 0 Å². The second-order valence-electron chi connectivity index (χ2n) is 9.57. The van der Waals surface area contributed by atoms with E-state index in [1.807, 2.05) is 0 Å². The van der Waals surface area contributed by atoms with Gasteiger partial charge < -0.3 is 10.2 Å². The number of carbonyl (C=O) groups excluding carboxylic acids is 1. The molecule has 1 aliphatic heterocycles. The lowest BCUT2D eigenvalue weighted by atomic mass is 9.74. The van der Waals surface area contributed by atoms with Crippen molar-refractivity contribution >= 4 is 5.91 Å². The van der Waals surface area contributed by atoms with E-state index in [-0.39, 0.29) is 11.1 Å². The molecule has 3 nitrogen and oxygen atoms in total. The molecule has 3 fully saturated rings. The second kappa shape index (κ2) is 9.57. The van der Waals surface area contributed by atoms with Gasteiger partial charge in [-0.2, -0.15) is 0 Å². The van der Waals surface area contributed by atoms with Crippen molar-refractivity contribution < 1.29 is 4.79 Å². The van der Waals surface area contributed by atoms with E-state index in [1.54, 1.807) is 0 Å². The number of unbranched alkanes of at least 4 members (excludes halogenated alkanes) is 5. The molecule has 1 amide bonds. The van der Waals surface area contributed by atoms with Crippen LogP contribution in [0.4, 0.5) is 0 Å². The molecule has 0 radical (unpaired) electrons. The molecular weight excluding hydrogens is 320 g/mol. The average molecular weight is 363 g/mol. The van der Waals surface area contributed by atoms with Crippen LogP contribution in [0.25, 0.3) is 0 Å². The maximum absolute atomic E-state index is 13.2. The van der Waals surface area contributed by atoms with E-state index in [0.29, 0.717) is 5.91 Å². The van der Waals surface area contributed by atoms with Crippen LogP contribution in [0.5, 0.6) is 0 Å². The minimum atomic E-state index is 0.114. The first-order valence-electron chi connectivity index (χ1n) is 11.7. The minimum Gasteiger partial charge on any atom is -0.341 e. The predicted molar refractivity (Wildman–Crippen MR) is 109 cm³/mol. The van der Waals surface area contributed by atoms with Crippen LogP contribution < -0.4 is 5.32 Å². The summed E-state index contributed by atoms with van der Waals surface area (Å²) < 4.78 is 0. The lowest BCUT2D eigenvalue weighted by Crippen LogP contribution is -2.61. The van der Waals surface area contributed by atoms with E-state index in [4.69, 9.17) is 0 Å². The molecule has 1 saturated heterocycles. The van der Waals surface area contributed by atoms with E-state index in [2.05, 4.69) is 17.1 Å². The molecule has 150 valence electrons. The Bertz CT molecular complexity index is 435. The van der Waals surface area contributed by atoms with Crippen molar-refractivity contribution in [2.75, 3.05) is 13.1 Å². The summed E-state index contributed by atoms with van der Waals surface area (Å²) in [7, 11) is 0. The Hall–Kier alpha value is -0.570. The summed E-state index contributed by atoms with van der Waals surface area (Å²) in [5.74, 6) is 0.440. The monoisotopic (exact) mass is 362 g/mol. The highest BCUT2D eigenvalue weighted by atomic mass is 16.2. The molecule has 0 bridgehead atoms. The third-order valence-electron chi connectivity index (χ3n) is 7.27. The fourth-order valence-electron chi connectivity index (χ4n) is 5.83. The Morgan fingerprint density at radius 2 is 1.38 bits per heavy atom. The van der Waals surface area contributed by atoms with E-state index in [1.165, 1.54) is 103 Å².